The highest BCUT2D eigenvalue weighted by Crippen LogP contribution is 2.24. The predicted octanol–water partition coefficient (Wildman–Crippen LogP) is 2.69. The van der Waals surface area contributed by atoms with Gasteiger partial charge < -0.3 is 10.2 Å². The number of nitro benzene ring substituents is 1. The van der Waals surface area contributed by atoms with Gasteiger partial charge in [-0.2, -0.15) is 0 Å². The minimum atomic E-state index is -4.05. The van der Waals surface area contributed by atoms with Crippen LogP contribution in [0.5, 0.6) is 0 Å². The van der Waals surface area contributed by atoms with Crippen LogP contribution in [0.2, 0.25) is 0 Å². The molecule has 2 amide bonds. The van der Waals surface area contributed by atoms with E-state index in [1.165, 1.54) is 43.3 Å². The number of nitrogens with zero attached hydrogens (tertiary/aromatic N) is 3. The summed E-state index contributed by atoms with van der Waals surface area (Å²) >= 11 is 0. The summed E-state index contributed by atoms with van der Waals surface area (Å²) in [6, 6.07) is 9.54. The van der Waals surface area contributed by atoms with Gasteiger partial charge in [0.25, 0.3) is 5.69 Å². The molecular weight excluding hydrogens is 479 g/mol. The molecule has 0 saturated carbocycles. The number of rotatable bonds is 11. The molecule has 0 aliphatic rings. The van der Waals surface area contributed by atoms with Gasteiger partial charge in [-0.1, -0.05) is 38.1 Å². The van der Waals surface area contributed by atoms with Crippen molar-refractivity contribution in [1.29, 1.82) is 0 Å². The Labute approximate surface area is 203 Å². The second kappa shape index (κ2) is 11.7. The highest BCUT2D eigenvalue weighted by atomic mass is 32.2. The van der Waals surface area contributed by atoms with E-state index in [0.717, 1.165) is 21.5 Å². The molecule has 1 atom stereocenters. The van der Waals surface area contributed by atoms with Gasteiger partial charge in [-0.05, 0) is 25.0 Å². The standard InChI is InChI=1S/C23H29FN4O6S/c1-16(2)13-25-23(30)17(3)26(14-18-8-5-6-11-21(18)24)22(29)15-27(35(4,33)34)19-9-7-10-20(12-19)28(31)32/h5-12,16-17H,13-15H2,1-4H3,(H,25,30). The van der Waals surface area contributed by atoms with Crippen molar-refractivity contribution < 1.29 is 27.3 Å². The van der Waals surface area contributed by atoms with Crippen molar-refractivity contribution in [2.45, 2.75) is 33.4 Å². The topological polar surface area (TPSA) is 130 Å². The second-order valence-corrected chi connectivity index (χ2v) is 10.4. The molecule has 0 aliphatic carbocycles. The monoisotopic (exact) mass is 508 g/mol. The molecule has 1 N–H and O–H groups in total. The van der Waals surface area contributed by atoms with Crippen LogP contribution in [0.25, 0.3) is 0 Å². The van der Waals surface area contributed by atoms with Crippen LogP contribution in [0.4, 0.5) is 15.8 Å². The van der Waals surface area contributed by atoms with Gasteiger partial charge in [-0.25, -0.2) is 12.8 Å². The average Bonchev–Trinajstić information content (AvgIpc) is 2.79. The van der Waals surface area contributed by atoms with Crippen LogP contribution in [0.1, 0.15) is 26.3 Å². The maximum atomic E-state index is 14.4. The van der Waals surface area contributed by atoms with Crippen LogP contribution < -0.4 is 9.62 Å². The first-order valence-corrected chi connectivity index (χ1v) is 12.7. The lowest BCUT2D eigenvalue weighted by Crippen LogP contribution is -2.51. The number of carbonyl (C=O) groups excluding carboxylic acids is 2. The van der Waals surface area contributed by atoms with Crippen molar-refractivity contribution in [2.24, 2.45) is 5.92 Å². The van der Waals surface area contributed by atoms with E-state index < -0.39 is 45.2 Å². The normalized spacial score (nSPS) is 12.2. The Bertz CT molecular complexity index is 1190. The molecule has 0 bridgehead atoms. The summed E-state index contributed by atoms with van der Waals surface area (Å²) < 4.78 is 40.1. The molecule has 12 heteroatoms. The summed E-state index contributed by atoms with van der Waals surface area (Å²) in [4.78, 5) is 37.7. The fourth-order valence-corrected chi connectivity index (χ4v) is 4.06. The molecule has 2 aromatic rings. The van der Waals surface area contributed by atoms with Crippen molar-refractivity contribution in [3.8, 4) is 0 Å². The Morgan fingerprint density at radius 2 is 1.77 bits per heavy atom. The molecule has 0 aromatic heterocycles. The summed E-state index contributed by atoms with van der Waals surface area (Å²) in [5.41, 5.74) is -0.295. The van der Waals surface area contributed by atoms with Crippen molar-refractivity contribution in [2.75, 3.05) is 23.7 Å². The highest BCUT2D eigenvalue weighted by Gasteiger charge is 2.31. The van der Waals surface area contributed by atoms with E-state index in [4.69, 9.17) is 0 Å². The molecule has 1 unspecified atom stereocenters. The Morgan fingerprint density at radius 3 is 2.34 bits per heavy atom. The number of carbonyl (C=O) groups is 2. The molecule has 0 heterocycles. The van der Waals surface area contributed by atoms with E-state index in [0.29, 0.717) is 6.54 Å². The molecule has 190 valence electrons. The van der Waals surface area contributed by atoms with Crippen LogP contribution >= 0.6 is 0 Å². The SMILES string of the molecule is CC(C)CNC(=O)C(C)N(Cc1ccccc1F)C(=O)CN(c1cccc([N+](=O)[O-])c1)S(C)(=O)=O. The molecule has 35 heavy (non-hydrogen) atoms. The summed E-state index contributed by atoms with van der Waals surface area (Å²) in [5.74, 6) is -1.70. The molecule has 10 nitrogen and oxygen atoms in total. The number of nitrogens with one attached hydrogen (secondary N) is 1. The van der Waals surface area contributed by atoms with E-state index in [-0.39, 0.29) is 29.4 Å². The first-order valence-electron chi connectivity index (χ1n) is 10.8. The summed E-state index contributed by atoms with van der Waals surface area (Å²) in [6.45, 7) is 4.59. The third-order valence-electron chi connectivity index (χ3n) is 5.16. The van der Waals surface area contributed by atoms with Gasteiger partial charge in [0.1, 0.15) is 18.4 Å². The first-order chi connectivity index (χ1) is 16.3. The van der Waals surface area contributed by atoms with Crippen LogP contribution in [0.3, 0.4) is 0 Å². The fraction of sp³-hybridized carbons (Fsp3) is 0.391. The van der Waals surface area contributed by atoms with Crippen molar-refractivity contribution in [1.82, 2.24) is 10.2 Å². The molecule has 0 aliphatic heterocycles. The van der Waals surface area contributed by atoms with Crippen LogP contribution in [-0.4, -0.2) is 55.4 Å². The average molecular weight is 509 g/mol. The number of sulfonamides is 1. The van der Waals surface area contributed by atoms with Gasteiger partial charge in [0.2, 0.25) is 21.8 Å². The van der Waals surface area contributed by atoms with Gasteiger partial charge in [0.15, 0.2) is 0 Å². The molecule has 0 spiro atoms. The fourth-order valence-electron chi connectivity index (χ4n) is 3.22. The summed E-state index contributed by atoms with van der Waals surface area (Å²) in [5, 5.41) is 13.9. The zero-order chi connectivity index (χ0) is 26.3. The minimum absolute atomic E-state index is 0.0854. The maximum Gasteiger partial charge on any atom is 0.271 e. The van der Waals surface area contributed by atoms with Crippen LogP contribution in [0.15, 0.2) is 48.5 Å². The van der Waals surface area contributed by atoms with Gasteiger partial charge in [-0.3, -0.25) is 24.0 Å². The van der Waals surface area contributed by atoms with Crippen molar-refractivity contribution >= 4 is 33.2 Å². The van der Waals surface area contributed by atoms with E-state index >= 15 is 0 Å². The highest BCUT2D eigenvalue weighted by molar-refractivity contribution is 7.92. The third-order valence-corrected chi connectivity index (χ3v) is 6.30. The molecule has 0 fully saturated rings. The number of non-ortho nitro benzene ring substituents is 1. The molecule has 2 rings (SSSR count). The molecular formula is C23H29FN4O6S. The van der Waals surface area contributed by atoms with Gasteiger partial charge in [0.05, 0.1) is 16.9 Å². The largest absolute Gasteiger partial charge is 0.354 e. The maximum absolute atomic E-state index is 14.4. The molecule has 0 radical (unpaired) electrons. The lowest BCUT2D eigenvalue weighted by Gasteiger charge is -2.31. The number of amides is 2. The van der Waals surface area contributed by atoms with Crippen LogP contribution in [0, 0.1) is 21.8 Å². The summed E-state index contributed by atoms with van der Waals surface area (Å²) in [6.07, 6.45) is 0.860. The van der Waals surface area contributed by atoms with Crippen LogP contribution in [-0.2, 0) is 26.2 Å². The number of anilines is 1. The number of hydrogen-bond acceptors (Lipinski definition) is 6. The summed E-state index contributed by atoms with van der Waals surface area (Å²) in [7, 11) is -4.05. The number of benzene rings is 2. The lowest BCUT2D eigenvalue weighted by molar-refractivity contribution is -0.384. The molecule has 2 aromatic carbocycles. The van der Waals surface area contributed by atoms with E-state index in [9.17, 15) is 32.5 Å². The van der Waals surface area contributed by atoms with Crippen molar-refractivity contribution in [3.05, 3.63) is 70.0 Å². The van der Waals surface area contributed by atoms with E-state index in [2.05, 4.69) is 5.32 Å². The predicted molar refractivity (Wildman–Crippen MR) is 130 cm³/mol. The Kier molecular flexibility index (Phi) is 9.29. The van der Waals surface area contributed by atoms with E-state index in [1.54, 1.807) is 6.07 Å². The number of nitro groups is 1. The third kappa shape index (κ3) is 7.74. The van der Waals surface area contributed by atoms with Gasteiger partial charge in [-0.15, -0.1) is 0 Å². The number of hydrogen-bond donors (Lipinski definition) is 1. The first kappa shape index (κ1) is 27.7. The second-order valence-electron chi connectivity index (χ2n) is 8.47. The van der Waals surface area contributed by atoms with Crippen molar-refractivity contribution in [3.63, 3.8) is 0 Å². The van der Waals surface area contributed by atoms with Gasteiger partial charge >= 0.3 is 0 Å². The molecule has 0 saturated heterocycles. The zero-order valence-electron chi connectivity index (χ0n) is 20.0. The number of halogens is 1. The Morgan fingerprint density at radius 1 is 1.11 bits per heavy atom. The van der Waals surface area contributed by atoms with Gasteiger partial charge in [0, 0.05) is 30.8 Å². The minimum Gasteiger partial charge on any atom is -0.354 e. The zero-order valence-corrected chi connectivity index (χ0v) is 20.8. The quantitative estimate of drug-likeness (QED) is 0.367. The van der Waals surface area contributed by atoms with E-state index in [1.807, 2.05) is 13.8 Å². The lowest BCUT2D eigenvalue weighted by atomic mass is 10.1. The Hall–Kier alpha value is -3.54. The Balaban J connectivity index is 2.42. The smallest absolute Gasteiger partial charge is 0.271 e.